The van der Waals surface area contributed by atoms with Crippen LogP contribution in [0.4, 0.5) is 5.69 Å². The number of rotatable bonds is 3. The average Bonchev–Trinajstić information content (AvgIpc) is 3.13. The summed E-state index contributed by atoms with van der Waals surface area (Å²) in [7, 11) is 0. The van der Waals surface area contributed by atoms with Gasteiger partial charge in [-0.15, -0.1) is 11.3 Å². The molecular formula is C15H15NO2S. The van der Waals surface area contributed by atoms with Gasteiger partial charge in [0.05, 0.1) is 17.5 Å². The summed E-state index contributed by atoms with van der Waals surface area (Å²) in [5.74, 6) is 0.0664. The zero-order chi connectivity index (χ0) is 13.1. The normalized spacial score (nSPS) is 18.4. The summed E-state index contributed by atoms with van der Waals surface area (Å²) < 4.78 is 5.44. The minimum absolute atomic E-state index is 0.0664. The fourth-order valence-corrected chi connectivity index (χ4v) is 2.99. The highest BCUT2D eigenvalue weighted by molar-refractivity contribution is 7.12. The predicted molar refractivity (Wildman–Crippen MR) is 76.8 cm³/mol. The van der Waals surface area contributed by atoms with E-state index in [1.54, 1.807) is 0 Å². The number of ether oxygens (including phenoxy) is 1. The maximum Gasteiger partial charge on any atom is 0.268 e. The van der Waals surface area contributed by atoms with Gasteiger partial charge in [-0.1, -0.05) is 24.3 Å². The molecule has 98 valence electrons. The van der Waals surface area contributed by atoms with Crippen LogP contribution in [0.2, 0.25) is 0 Å². The van der Waals surface area contributed by atoms with E-state index in [1.807, 2.05) is 52.7 Å². The van der Waals surface area contributed by atoms with Crippen LogP contribution in [-0.2, 0) is 4.74 Å². The molecule has 1 atom stereocenters. The van der Waals surface area contributed by atoms with Gasteiger partial charge in [0.1, 0.15) is 0 Å². The number of benzene rings is 1. The van der Waals surface area contributed by atoms with Crippen LogP contribution in [0.1, 0.15) is 16.1 Å². The molecule has 2 aromatic rings. The summed E-state index contributed by atoms with van der Waals surface area (Å²) in [6, 6.07) is 13.7. The lowest BCUT2D eigenvalue weighted by atomic mass is 10.1. The number of carbonyl (C=O) groups is 1. The van der Waals surface area contributed by atoms with Gasteiger partial charge in [-0.3, -0.25) is 4.79 Å². The Balaban J connectivity index is 1.94. The molecule has 1 aliphatic heterocycles. The smallest absolute Gasteiger partial charge is 0.268 e. The van der Waals surface area contributed by atoms with Gasteiger partial charge >= 0.3 is 0 Å². The van der Waals surface area contributed by atoms with E-state index in [0.29, 0.717) is 6.61 Å². The number of hydrogen-bond acceptors (Lipinski definition) is 3. The molecule has 3 nitrogen and oxygen atoms in total. The van der Waals surface area contributed by atoms with Gasteiger partial charge in [0.25, 0.3) is 5.91 Å². The third kappa shape index (κ3) is 2.55. The van der Waals surface area contributed by atoms with Crippen molar-refractivity contribution >= 4 is 22.9 Å². The molecule has 4 heteroatoms. The van der Waals surface area contributed by atoms with Crippen LogP contribution >= 0.6 is 11.3 Å². The zero-order valence-electron chi connectivity index (χ0n) is 10.5. The lowest BCUT2D eigenvalue weighted by Gasteiger charge is -2.27. The van der Waals surface area contributed by atoms with Gasteiger partial charge in [0.2, 0.25) is 0 Å². The molecule has 0 spiro atoms. The molecule has 0 saturated carbocycles. The summed E-state index contributed by atoms with van der Waals surface area (Å²) >= 11 is 1.48. The van der Waals surface area contributed by atoms with Crippen molar-refractivity contribution in [3.63, 3.8) is 0 Å². The molecule has 0 unspecified atom stereocenters. The van der Waals surface area contributed by atoms with E-state index in [9.17, 15) is 4.79 Å². The summed E-state index contributed by atoms with van der Waals surface area (Å²) in [6.45, 7) is 1.34. The number of carbonyl (C=O) groups excluding carboxylic acids is 1. The van der Waals surface area contributed by atoms with Gasteiger partial charge in [0, 0.05) is 12.3 Å². The molecule has 3 rings (SSSR count). The zero-order valence-corrected chi connectivity index (χ0v) is 11.3. The molecule has 19 heavy (non-hydrogen) atoms. The Morgan fingerprint density at radius 2 is 2.05 bits per heavy atom. The quantitative estimate of drug-likeness (QED) is 0.859. The molecule has 0 radical (unpaired) electrons. The van der Waals surface area contributed by atoms with E-state index in [1.165, 1.54) is 11.3 Å². The standard InChI is InChI=1S/C15H15NO2S/c17-15(14-7-4-10-19-14)16(13-8-9-18-11-13)12-5-2-1-3-6-12/h1-7,10,13H,8-9,11H2/t13-/m1/s1. The highest BCUT2D eigenvalue weighted by Gasteiger charge is 2.29. The van der Waals surface area contributed by atoms with Crippen molar-refractivity contribution in [1.82, 2.24) is 0 Å². The summed E-state index contributed by atoms with van der Waals surface area (Å²) in [6.07, 6.45) is 0.895. The molecule has 2 heterocycles. The number of nitrogens with zero attached hydrogens (tertiary/aromatic N) is 1. The van der Waals surface area contributed by atoms with Crippen LogP contribution in [0.15, 0.2) is 47.8 Å². The van der Waals surface area contributed by atoms with Crippen LogP contribution < -0.4 is 4.90 Å². The van der Waals surface area contributed by atoms with Crippen LogP contribution in [0.25, 0.3) is 0 Å². The Hall–Kier alpha value is -1.65. The van der Waals surface area contributed by atoms with E-state index in [-0.39, 0.29) is 11.9 Å². The predicted octanol–water partition coefficient (Wildman–Crippen LogP) is 3.18. The second-order valence-corrected chi connectivity index (χ2v) is 5.45. The fraction of sp³-hybridized carbons (Fsp3) is 0.267. The Bertz CT molecular complexity index is 533. The van der Waals surface area contributed by atoms with E-state index >= 15 is 0 Å². The third-order valence-electron chi connectivity index (χ3n) is 3.26. The van der Waals surface area contributed by atoms with Crippen LogP contribution in [0.5, 0.6) is 0 Å². The van der Waals surface area contributed by atoms with Crippen molar-refractivity contribution in [1.29, 1.82) is 0 Å². The lowest BCUT2D eigenvalue weighted by molar-refractivity contribution is 0.0975. The highest BCUT2D eigenvalue weighted by Crippen LogP contribution is 2.25. The summed E-state index contributed by atoms with van der Waals surface area (Å²) in [5, 5.41) is 1.93. The topological polar surface area (TPSA) is 29.5 Å². The molecule has 1 aromatic heterocycles. The van der Waals surface area contributed by atoms with E-state index in [2.05, 4.69) is 0 Å². The van der Waals surface area contributed by atoms with Gasteiger partial charge < -0.3 is 9.64 Å². The van der Waals surface area contributed by atoms with Crippen molar-refractivity contribution in [2.45, 2.75) is 12.5 Å². The number of amides is 1. The van der Waals surface area contributed by atoms with Gasteiger partial charge in [-0.05, 0) is 30.0 Å². The monoisotopic (exact) mass is 273 g/mol. The first-order valence-electron chi connectivity index (χ1n) is 6.36. The average molecular weight is 273 g/mol. The van der Waals surface area contributed by atoms with Crippen molar-refractivity contribution in [2.75, 3.05) is 18.1 Å². The van der Waals surface area contributed by atoms with E-state index in [4.69, 9.17) is 4.74 Å². The maximum absolute atomic E-state index is 12.7. The number of anilines is 1. The minimum Gasteiger partial charge on any atom is -0.379 e. The summed E-state index contributed by atoms with van der Waals surface area (Å²) in [4.78, 5) is 15.3. The van der Waals surface area contributed by atoms with Crippen LogP contribution in [-0.4, -0.2) is 25.2 Å². The Morgan fingerprint density at radius 3 is 2.68 bits per heavy atom. The number of thiophene rings is 1. The molecule has 1 aliphatic rings. The second-order valence-electron chi connectivity index (χ2n) is 4.51. The van der Waals surface area contributed by atoms with Crippen LogP contribution in [0.3, 0.4) is 0 Å². The number of hydrogen-bond donors (Lipinski definition) is 0. The van der Waals surface area contributed by atoms with Gasteiger partial charge in [0.15, 0.2) is 0 Å². The third-order valence-corrected chi connectivity index (χ3v) is 4.11. The molecule has 1 saturated heterocycles. The fourth-order valence-electron chi connectivity index (χ4n) is 2.33. The lowest BCUT2D eigenvalue weighted by Crippen LogP contribution is -2.40. The largest absolute Gasteiger partial charge is 0.379 e. The van der Waals surface area contributed by atoms with Crippen molar-refractivity contribution < 1.29 is 9.53 Å². The molecule has 0 aliphatic carbocycles. The minimum atomic E-state index is 0.0664. The Kier molecular flexibility index (Phi) is 3.62. The van der Waals surface area contributed by atoms with Crippen LogP contribution in [0, 0.1) is 0 Å². The molecule has 0 bridgehead atoms. The highest BCUT2D eigenvalue weighted by atomic mass is 32.1. The molecule has 0 N–H and O–H groups in total. The molecule has 1 fully saturated rings. The molecule has 1 aromatic carbocycles. The first-order chi connectivity index (χ1) is 9.36. The van der Waals surface area contributed by atoms with E-state index in [0.717, 1.165) is 23.6 Å². The van der Waals surface area contributed by atoms with E-state index < -0.39 is 0 Å². The van der Waals surface area contributed by atoms with Gasteiger partial charge in [-0.2, -0.15) is 0 Å². The van der Waals surface area contributed by atoms with Crippen molar-refractivity contribution in [2.24, 2.45) is 0 Å². The summed E-state index contributed by atoms with van der Waals surface area (Å²) in [5.41, 5.74) is 0.941. The second kappa shape index (κ2) is 5.55. The first kappa shape index (κ1) is 12.4. The molecular weight excluding hydrogens is 258 g/mol. The first-order valence-corrected chi connectivity index (χ1v) is 7.24. The van der Waals surface area contributed by atoms with Crippen molar-refractivity contribution in [3.05, 3.63) is 52.7 Å². The maximum atomic E-state index is 12.7. The van der Waals surface area contributed by atoms with Gasteiger partial charge in [-0.25, -0.2) is 0 Å². The Labute approximate surface area is 116 Å². The Morgan fingerprint density at radius 1 is 1.21 bits per heavy atom. The van der Waals surface area contributed by atoms with Crippen molar-refractivity contribution in [3.8, 4) is 0 Å². The number of para-hydroxylation sites is 1. The molecule has 1 amide bonds. The SMILES string of the molecule is O=C(c1cccs1)N(c1ccccc1)[C@@H]1CCOC1.